The first-order chi connectivity index (χ1) is 8.66. The summed E-state index contributed by atoms with van der Waals surface area (Å²) in [6.07, 6.45) is 2.99. The Morgan fingerprint density at radius 1 is 1.56 bits per heavy atom. The van der Waals surface area contributed by atoms with Crippen LogP contribution in [0.4, 0.5) is 4.79 Å². The molecule has 1 heterocycles. The number of carbonyl (C=O) groups excluding carboxylic acids is 1. The number of aliphatic carboxylic acids is 1. The molecule has 0 aromatic carbocycles. The van der Waals surface area contributed by atoms with Crippen molar-refractivity contribution < 1.29 is 19.2 Å². The average Bonchev–Trinajstić information content (AvgIpc) is 3.03. The van der Waals surface area contributed by atoms with Crippen LogP contribution in [0.1, 0.15) is 25.1 Å². The molecule has 1 aromatic heterocycles. The highest BCUT2D eigenvalue weighted by Gasteiger charge is 2.32. The zero-order chi connectivity index (χ0) is 13.0. The number of hydrogen-bond donors (Lipinski definition) is 2. The molecule has 0 saturated heterocycles. The minimum absolute atomic E-state index is 0.0495. The predicted octanol–water partition coefficient (Wildman–Crippen LogP) is 0.218. The third kappa shape index (κ3) is 3.44. The standard InChI is InChI=1S/C10H14N4O4/c15-9(16)3-4-14(7-1-2-7)10(17)11-5-8-12-6-18-13-8/h6-7H,1-5H2,(H,11,17)(H,15,16). The van der Waals surface area contributed by atoms with Gasteiger partial charge in [-0.2, -0.15) is 4.98 Å². The molecule has 1 aromatic rings. The molecule has 8 nitrogen and oxygen atoms in total. The molecule has 0 bridgehead atoms. The number of nitrogens with zero attached hydrogens (tertiary/aromatic N) is 3. The van der Waals surface area contributed by atoms with E-state index < -0.39 is 5.97 Å². The lowest BCUT2D eigenvalue weighted by Crippen LogP contribution is -2.42. The van der Waals surface area contributed by atoms with Gasteiger partial charge in [-0.15, -0.1) is 0 Å². The van der Waals surface area contributed by atoms with Gasteiger partial charge < -0.3 is 19.8 Å². The Balaban J connectivity index is 1.81. The summed E-state index contributed by atoms with van der Waals surface area (Å²) in [7, 11) is 0. The fraction of sp³-hybridized carbons (Fsp3) is 0.600. The third-order valence-corrected chi connectivity index (χ3v) is 2.62. The summed E-state index contributed by atoms with van der Waals surface area (Å²) in [5, 5.41) is 14.8. The number of nitrogens with one attached hydrogen (secondary N) is 1. The van der Waals surface area contributed by atoms with Gasteiger partial charge in [-0.1, -0.05) is 5.16 Å². The summed E-state index contributed by atoms with van der Waals surface area (Å²) in [5.41, 5.74) is 0. The number of rotatable bonds is 6. The molecule has 1 fully saturated rings. The molecule has 1 aliphatic rings. The molecule has 0 radical (unpaired) electrons. The Bertz CT molecular complexity index is 416. The van der Waals surface area contributed by atoms with Crippen molar-refractivity contribution in [1.29, 1.82) is 0 Å². The van der Waals surface area contributed by atoms with E-state index >= 15 is 0 Å². The molecule has 1 saturated carbocycles. The van der Waals surface area contributed by atoms with Crippen molar-refractivity contribution in [2.45, 2.75) is 31.8 Å². The van der Waals surface area contributed by atoms with Gasteiger partial charge in [0.25, 0.3) is 0 Å². The van der Waals surface area contributed by atoms with Crippen molar-refractivity contribution in [3.63, 3.8) is 0 Å². The number of carboxylic acids is 1. The maximum absolute atomic E-state index is 11.9. The third-order valence-electron chi connectivity index (χ3n) is 2.62. The van der Waals surface area contributed by atoms with E-state index in [0.717, 1.165) is 12.8 Å². The van der Waals surface area contributed by atoms with Crippen molar-refractivity contribution >= 4 is 12.0 Å². The van der Waals surface area contributed by atoms with Gasteiger partial charge in [-0.25, -0.2) is 4.79 Å². The molecular weight excluding hydrogens is 240 g/mol. The number of carbonyl (C=O) groups is 2. The minimum Gasteiger partial charge on any atom is -0.481 e. The molecule has 0 spiro atoms. The number of aromatic nitrogens is 2. The van der Waals surface area contributed by atoms with Gasteiger partial charge in [0.05, 0.1) is 13.0 Å². The summed E-state index contributed by atoms with van der Waals surface area (Å²) in [6, 6.07) is -0.127. The maximum atomic E-state index is 11.9. The molecule has 2 amide bonds. The van der Waals surface area contributed by atoms with Crippen LogP contribution in [0.15, 0.2) is 10.9 Å². The number of hydrogen-bond acceptors (Lipinski definition) is 5. The molecule has 2 N–H and O–H groups in total. The van der Waals surface area contributed by atoms with E-state index in [1.165, 1.54) is 6.39 Å². The topological polar surface area (TPSA) is 109 Å². The summed E-state index contributed by atoms with van der Waals surface area (Å²) in [5.74, 6) is -0.524. The second-order valence-electron chi connectivity index (χ2n) is 4.07. The molecule has 18 heavy (non-hydrogen) atoms. The first kappa shape index (κ1) is 12.3. The van der Waals surface area contributed by atoms with Gasteiger partial charge >= 0.3 is 12.0 Å². The van der Waals surface area contributed by atoms with Crippen LogP contribution in [0.5, 0.6) is 0 Å². The molecule has 0 aliphatic heterocycles. The van der Waals surface area contributed by atoms with Crippen molar-refractivity contribution in [2.75, 3.05) is 6.54 Å². The lowest BCUT2D eigenvalue weighted by Gasteiger charge is -2.21. The molecule has 98 valence electrons. The van der Waals surface area contributed by atoms with Crippen LogP contribution in [0.25, 0.3) is 0 Å². The SMILES string of the molecule is O=C(O)CCN(C(=O)NCc1ncon1)C1CC1. The maximum Gasteiger partial charge on any atom is 0.318 e. The fourth-order valence-corrected chi connectivity index (χ4v) is 1.58. The van der Waals surface area contributed by atoms with Crippen LogP contribution in [0.3, 0.4) is 0 Å². The molecule has 8 heteroatoms. The Morgan fingerprint density at radius 3 is 2.89 bits per heavy atom. The first-order valence-corrected chi connectivity index (χ1v) is 5.68. The normalized spacial score (nSPS) is 14.2. The lowest BCUT2D eigenvalue weighted by atomic mass is 10.4. The summed E-state index contributed by atoms with van der Waals surface area (Å²) in [6.45, 7) is 0.393. The molecule has 1 aliphatic carbocycles. The van der Waals surface area contributed by atoms with E-state index in [4.69, 9.17) is 5.11 Å². The van der Waals surface area contributed by atoms with E-state index in [1.807, 2.05) is 0 Å². The molecule has 0 unspecified atom stereocenters. The smallest absolute Gasteiger partial charge is 0.318 e. The number of urea groups is 1. The fourth-order valence-electron chi connectivity index (χ4n) is 1.58. The highest BCUT2D eigenvalue weighted by Crippen LogP contribution is 2.26. The molecule has 2 rings (SSSR count). The van der Waals surface area contributed by atoms with E-state index in [-0.39, 0.29) is 31.6 Å². The van der Waals surface area contributed by atoms with E-state index in [1.54, 1.807) is 4.90 Å². The van der Waals surface area contributed by atoms with Gasteiger partial charge in [-0.3, -0.25) is 4.79 Å². The van der Waals surface area contributed by atoms with E-state index in [0.29, 0.717) is 5.82 Å². The van der Waals surface area contributed by atoms with Crippen LogP contribution in [-0.4, -0.2) is 44.7 Å². The highest BCUT2D eigenvalue weighted by molar-refractivity contribution is 5.75. The zero-order valence-corrected chi connectivity index (χ0v) is 9.70. The van der Waals surface area contributed by atoms with Gasteiger partial charge in [0.15, 0.2) is 5.82 Å². The van der Waals surface area contributed by atoms with Crippen LogP contribution in [0, 0.1) is 0 Å². The van der Waals surface area contributed by atoms with Crippen molar-refractivity contribution in [3.8, 4) is 0 Å². The van der Waals surface area contributed by atoms with Gasteiger partial charge in [0, 0.05) is 12.6 Å². The average molecular weight is 254 g/mol. The largest absolute Gasteiger partial charge is 0.481 e. The van der Waals surface area contributed by atoms with Crippen LogP contribution in [-0.2, 0) is 11.3 Å². The number of carboxylic acid groups (broad SMARTS) is 1. The Morgan fingerprint density at radius 2 is 2.33 bits per heavy atom. The second-order valence-corrected chi connectivity index (χ2v) is 4.07. The van der Waals surface area contributed by atoms with E-state index in [2.05, 4.69) is 20.0 Å². The Kier molecular flexibility index (Phi) is 3.75. The van der Waals surface area contributed by atoms with Crippen molar-refractivity contribution in [1.82, 2.24) is 20.4 Å². The monoisotopic (exact) mass is 254 g/mol. The minimum atomic E-state index is -0.911. The van der Waals surface area contributed by atoms with Gasteiger partial charge in [0.2, 0.25) is 6.39 Å². The zero-order valence-electron chi connectivity index (χ0n) is 9.70. The predicted molar refractivity (Wildman–Crippen MR) is 58.5 cm³/mol. The Hall–Kier alpha value is -2.12. The molecule has 0 atom stereocenters. The van der Waals surface area contributed by atoms with Crippen LogP contribution in [0.2, 0.25) is 0 Å². The lowest BCUT2D eigenvalue weighted by molar-refractivity contribution is -0.137. The van der Waals surface area contributed by atoms with Gasteiger partial charge in [0.1, 0.15) is 0 Å². The summed E-state index contributed by atoms with van der Waals surface area (Å²) in [4.78, 5) is 27.7. The highest BCUT2D eigenvalue weighted by atomic mass is 16.5. The van der Waals surface area contributed by atoms with Crippen molar-refractivity contribution in [3.05, 3.63) is 12.2 Å². The summed E-state index contributed by atoms with van der Waals surface area (Å²) >= 11 is 0. The molecular formula is C10H14N4O4. The van der Waals surface area contributed by atoms with Crippen molar-refractivity contribution in [2.24, 2.45) is 0 Å². The van der Waals surface area contributed by atoms with Crippen LogP contribution < -0.4 is 5.32 Å². The quantitative estimate of drug-likeness (QED) is 0.751. The number of amides is 2. The summed E-state index contributed by atoms with van der Waals surface area (Å²) < 4.78 is 4.54. The van der Waals surface area contributed by atoms with Gasteiger partial charge in [-0.05, 0) is 12.8 Å². The van der Waals surface area contributed by atoms with Crippen LogP contribution >= 0.6 is 0 Å². The van der Waals surface area contributed by atoms with E-state index in [9.17, 15) is 9.59 Å². The Labute approximate surface area is 103 Å². The second kappa shape index (κ2) is 5.48. The first-order valence-electron chi connectivity index (χ1n) is 5.68.